The van der Waals surface area contributed by atoms with E-state index in [2.05, 4.69) is 4.90 Å². The molecular weight excluding hydrogens is 262 g/mol. The van der Waals surface area contributed by atoms with Crippen molar-refractivity contribution in [1.82, 2.24) is 4.90 Å². The summed E-state index contributed by atoms with van der Waals surface area (Å²) in [5, 5.41) is 9.73. The lowest BCUT2D eigenvalue weighted by Gasteiger charge is -2.36. The highest BCUT2D eigenvalue weighted by Crippen LogP contribution is 2.25. The molecule has 19 heavy (non-hydrogen) atoms. The van der Waals surface area contributed by atoms with E-state index in [1.54, 1.807) is 0 Å². The highest BCUT2D eigenvalue weighted by atomic mass is 32.2. The second-order valence-electron chi connectivity index (χ2n) is 5.51. The third-order valence-corrected chi connectivity index (χ3v) is 5.44. The summed E-state index contributed by atoms with van der Waals surface area (Å²) in [6.07, 6.45) is 0. The minimum atomic E-state index is -2.85. The van der Waals surface area contributed by atoms with Crippen LogP contribution in [-0.4, -0.2) is 56.2 Å². The minimum absolute atomic E-state index is 0.0558. The number of sulfone groups is 1. The molecule has 1 heterocycles. The Labute approximate surface area is 115 Å². The van der Waals surface area contributed by atoms with Gasteiger partial charge < -0.3 is 10.0 Å². The van der Waals surface area contributed by atoms with Crippen LogP contribution in [0.3, 0.4) is 0 Å². The average Bonchev–Trinajstić information content (AvgIpc) is 2.42. The van der Waals surface area contributed by atoms with Gasteiger partial charge in [0.15, 0.2) is 9.84 Å². The normalized spacial score (nSPS) is 22.8. The fourth-order valence-electron chi connectivity index (χ4n) is 2.47. The lowest BCUT2D eigenvalue weighted by atomic mass is 9.82. The van der Waals surface area contributed by atoms with Crippen molar-refractivity contribution >= 4 is 9.84 Å². The van der Waals surface area contributed by atoms with Gasteiger partial charge >= 0.3 is 0 Å². The first-order valence-corrected chi connectivity index (χ1v) is 8.36. The fraction of sp³-hybridized carbons (Fsp3) is 0.571. The van der Waals surface area contributed by atoms with Gasteiger partial charge in [-0.3, -0.25) is 0 Å². The fourth-order valence-corrected chi connectivity index (χ4v) is 3.75. The molecule has 0 aliphatic carbocycles. The number of rotatable bonds is 4. The van der Waals surface area contributed by atoms with E-state index in [4.69, 9.17) is 0 Å². The molecule has 0 radical (unpaired) electrons. The largest absolute Gasteiger partial charge is 0.395 e. The average molecular weight is 283 g/mol. The zero-order valence-corrected chi connectivity index (χ0v) is 12.1. The zero-order chi connectivity index (χ0) is 13.9. The van der Waals surface area contributed by atoms with Crippen LogP contribution in [0.1, 0.15) is 12.5 Å². The summed E-state index contributed by atoms with van der Waals surface area (Å²) in [4.78, 5) is 2.13. The minimum Gasteiger partial charge on any atom is -0.395 e. The highest BCUT2D eigenvalue weighted by molar-refractivity contribution is 7.91. The van der Waals surface area contributed by atoms with Crippen LogP contribution >= 0.6 is 0 Å². The molecule has 1 unspecified atom stereocenters. The van der Waals surface area contributed by atoms with Crippen LogP contribution in [0.2, 0.25) is 0 Å². The molecule has 0 amide bonds. The molecule has 1 aliphatic heterocycles. The molecule has 4 nitrogen and oxygen atoms in total. The Kier molecular flexibility index (Phi) is 4.28. The van der Waals surface area contributed by atoms with Crippen LogP contribution in [0.25, 0.3) is 0 Å². The monoisotopic (exact) mass is 283 g/mol. The van der Waals surface area contributed by atoms with Gasteiger partial charge in [0.25, 0.3) is 0 Å². The number of aliphatic hydroxyl groups is 1. The van der Waals surface area contributed by atoms with Gasteiger partial charge in [0.05, 0.1) is 18.1 Å². The van der Waals surface area contributed by atoms with Gasteiger partial charge in [0.1, 0.15) is 0 Å². The Morgan fingerprint density at radius 3 is 2.32 bits per heavy atom. The summed E-state index contributed by atoms with van der Waals surface area (Å²) in [6.45, 7) is 3.88. The van der Waals surface area contributed by atoms with E-state index in [0.29, 0.717) is 19.6 Å². The molecule has 1 saturated heterocycles. The molecule has 0 bridgehead atoms. The summed E-state index contributed by atoms with van der Waals surface area (Å²) in [5.41, 5.74) is 0.744. The maximum absolute atomic E-state index is 11.4. The van der Waals surface area contributed by atoms with Gasteiger partial charge in [-0.2, -0.15) is 0 Å². The number of benzene rings is 1. The Bertz CT molecular complexity index is 501. The van der Waals surface area contributed by atoms with E-state index in [1.165, 1.54) is 0 Å². The number of hydrogen-bond acceptors (Lipinski definition) is 4. The van der Waals surface area contributed by atoms with Crippen LogP contribution in [0.5, 0.6) is 0 Å². The van der Waals surface area contributed by atoms with Crippen molar-refractivity contribution < 1.29 is 13.5 Å². The van der Waals surface area contributed by atoms with Gasteiger partial charge in [0, 0.05) is 25.0 Å². The second-order valence-corrected chi connectivity index (χ2v) is 7.82. The van der Waals surface area contributed by atoms with Crippen LogP contribution in [0, 0.1) is 0 Å². The molecule has 1 aromatic carbocycles. The first-order chi connectivity index (χ1) is 8.95. The van der Waals surface area contributed by atoms with E-state index in [9.17, 15) is 13.5 Å². The first kappa shape index (κ1) is 14.5. The molecule has 1 aliphatic rings. The summed E-state index contributed by atoms with van der Waals surface area (Å²) >= 11 is 0. The van der Waals surface area contributed by atoms with Crippen molar-refractivity contribution in [3.05, 3.63) is 35.9 Å². The van der Waals surface area contributed by atoms with E-state index in [1.807, 2.05) is 37.3 Å². The van der Waals surface area contributed by atoms with Gasteiger partial charge in [-0.15, -0.1) is 0 Å². The lowest BCUT2D eigenvalue weighted by molar-refractivity contribution is 0.149. The SMILES string of the molecule is CC(CO)(CN1CCS(=O)(=O)CC1)c1ccccc1. The predicted molar refractivity (Wildman–Crippen MR) is 76.0 cm³/mol. The number of hydrogen-bond donors (Lipinski definition) is 1. The van der Waals surface area contributed by atoms with Crippen LogP contribution in [0.15, 0.2) is 30.3 Å². The zero-order valence-electron chi connectivity index (χ0n) is 11.2. The third-order valence-electron chi connectivity index (χ3n) is 3.83. The molecule has 1 fully saturated rings. The topological polar surface area (TPSA) is 57.6 Å². The van der Waals surface area contributed by atoms with Gasteiger partial charge in [-0.05, 0) is 5.56 Å². The maximum atomic E-state index is 11.4. The quantitative estimate of drug-likeness (QED) is 0.882. The molecule has 1 N–H and O–H groups in total. The van der Waals surface area contributed by atoms with Crippen LogP contribution < -0.4 is 0 Å². The van der Waals surface area contributed by atoms with Crippen molar-refractivity contribution in [1.29, 1.82) is 0 Å². The molecule has 1 atom stereocenters. The first-order valence-electron chi connectivity index (χ1n) is 6.54. The Morgan fingerprint density at radius 2 is 1.79 bits per heavy atom. The molecule has 106 valence electrons. The van der Waals surface area contributed by atoms with E-state index < -0.39 is 9.84 Å². The molecule has 1 aromatic rings. The van der Waals surface area contributed by atoms with Gasteiger partial charge in [-0.25, -0.2) is 8.42 Å². The van der Waals surface area contributed by atoms with Gasteiger partial charge in [0.2, 0.25) is 0 Å². The third kappa shape index (κ3) is 3.55. The van der Waals surface area contributed by atoms with Crippen LogP contribution in [-0.2, 0) is 15.3 Å². The summed E-state index contributed by atoms with van der Waals surface area (Å²) in [7, 11) is -2.85. The van der Waals surface area contributed by atoms with E-state index in [0.717, 1.165) is 5.56 Å². The van der Waals surface area contributed by atoms with Gasteiger partial charge in [-0.1, -0.05) is 37.3 Å². The van der Waals surface area contributed by atoms with Crippen molar-refractivity contribution in [3.63, 3.8) is 0 Å². The molecule has 0 aromatic heterocycles. The number of nitrogens with zero attached hydrogens (tertiary/aromatic N) is 1. The molecule has 2 rings (SSSR count). The lowest BCUT2D eigenvalue weighted by Crippen LogP contribution is -2.47. The molecular formula is C14H21NO3S. The van der Waals surface area contributed by atoms with Crippen molar-refractivity contribution in [3.8, 4) is 0 Å². The van der Waals surface area contributed by atoms with Crippen LogP contribution in [0.4, 0.5) is 0 Å². The molecule has 0 saturated carbocycles. The Morgan fingerprint density at radius 1 is 1.21 bits per heavy atom. The number of aliphatic hydroxyl groups excluding tert-OH is 1. The smallest absolute Gasteiger partial charge is 0.152 e. The molecule has 5 heteroatoms. The standard InChI is InChI=1S/C14H21NO3S/c1-14(12-16,13-5-3-2-4-6-13)11-15-7-9-19(17,18)10-8-15/h2-6,16H,7-12H2,1H3. The Hall–Kier alpha value is -0.910. The van der Waals surface area contributed by atoms with E-state index >= 15 is 0 Å². The van der Waals surface area contributed by atoms with Crippen molar-refractivity contribution in [2.75, 3.05) is 37.7 Å². The second kappa shape index (κ2) is 5.61. The highest BCUT2D eigenvalue weighted by Gasteiger charge is 2.31. The van der Waals surface area contributed by atoms with Crippen molar-refractivity contribution in [2.45, 2.75) is 12.3 Å². The maximum Gasteiger partial charge on any atom is 0.152 e. The van der Waals surface area contributed by atoms with Crippen molar-refractivity contribution in [2.24, 2.45) is 0 Å². The Balaban J connectivity index is 2.08. The summed E-state index contributed by atoms with van der Waals surface area (Å²) < 4.78 is 22.9. The predicted octanol–water partition coefficient (Wildman–Crippen LogP) is 0.667. The summed E-state index contributed by atoms with van der Waals surface area (Å²) in [5.74, 6) is 0.451. The van der Waals surface area contributed by atoms with E-state index in [-0.39, 0.29) is 23.5 Å². The molecule has 0 spiro atoms. The summed E-state index contributed by atoms with van der Waals surface area (Å²) in [6, 6.07) is 9.90.